The Hall–Kier alpha value is -0.120. The van der Waals surface area contributed by atoms with Crippen LogP contribution in [0.15, 0.2) is 0 Å². The van der Waals surface area contributed by atoms with E-state index in [-0.39, 0.29) is 0 Å². The standard InChI is InChI=1S/C7H15O3/c1-2-3-4-5-6(8)7(9)10/h6,8-10H,2-5H2,1H3. The highest BCUT2D eigenvalue weighted by atomic mass is 16.5. The third-order valence-electron chi connectivity index (χ3n) is 1.38. The molecule has 0 aromatic heterocycles. The van der Waals surface area contributed by atoms with Gasteiger partial charge in [-0.15, -0.1) is 0 Å². The molecule has 0 saturated heterocycles. The number of hydrogen-bond acceptors (Lipinski definition) is 3. The Morgan fingerprint density at radius 3 is 2.30 bits per heavy atom. The Bertz CT molecular complexity index is 73.3. The van der Waals surface area contributed by atoms with Crippen LogP contribution in [0.5, 0.6) is 0 Å². The minimum atomic E-state index is -1.05. The summed E-state index contributed by atoms with van der Waals surface area (Å²) < 4.78 is 0. The van der Waals surface area contributed by atoms with Crippen LogP contribution in [0, 0.1) is 6.29 Å². The highest BCUT2D eigenvalue weighted by Crippen LogP contribution is 2.08. The van der Waals surface area contributed by atoms with Gasteiger partial charge in [-0.3, -0.25) is 0 Å². The predicted octanol–water partition coefficient (Wildman–Crippen LogP) is 1.16. The summed E-state index contributed by atoms with van der Waals surface area (Å²) in [7, 11) is 0. The van der Waals surface area contributed by atoms with Crippen LogP contribution in [0.4, 0.5) is 0 Å². The van der Waals surface area contributed by atoms with Gasteiger partial charge in [0.25, 0.3) is 0 Å². The van der Waals surface area contributed by atoms with Crippen LogP contribution >= 0.6 is 0 Å². The zero-order chi connectivity index (χ0) is 7.98. The second-order valence-electron chi connectivity index (χ2n) is 2.37. The Balaban J connectivity index is 3.13. The van der Waals surface area contributed by atoms with E-state index in [0.717, 1.165) is 19.3 Å². The molecule has 61 valence electrons. The lowest BCUT2D eigenvalue weighted by atomic mass is 10.1. The van der Waals surface area contributed by atoms with Gasteiger partial charge in [-0.05, 0) is 6.42 Å². The summed E-state index contributed by atoms with van der Waals surface area (Å²) in [4.78, 5) is 0. The monoisotopic (exact) mass is 147 g/mol. The summed E-state index contributed by atoms with van der Waals surface area (Å²) in [5.74, 6) is 0. The summed E-state index contributed by atoms with van der Waals surface area (Å²) in [6.45, 7) is 2.05. The molecule has 1 radical (unpaired) electrons. The topological polar surface area (TPSA) is 60.7 Å². The summed E-state index contributed by atoms with van der Waals surface area (Å²) in [6, 6.07) is 0. The number of aliphatic hydroxyl groups excluding tert-OH is 2. The molecule has 1 atom stereocenters. The lowest BCUT2D eigenvalue weighted by molar-refractivity contribution is -0.0256. The van der Waals surface area contributed by atoms with E-state index in [9.17, 15) is 0 Å². The molecule has 0 aromatic rings. The van der Waals surface area contributed by atoms with Crippen molar-refractivity contribution in [3.05, 3.63) is 6.29 Å². The van der Waals surface area contributed by atoms with Crippen molar-refractivity contribution in [1.29, 1.82) is 0 Å². The molecule has 0 rings (SSSR count). The molecule has 0 saturated carbocycles. The van der Waals surface area contributed by atoms with Crippen LogP contribution in [0.2, 0.25) is 0 Å². The van der Waals surface area contributed by atoms with E-state index in [1.807, 2.05) is 0 Å². The van der Waals surface area contributed by atoms with E-state index in [0.29, 0.717) is 6.42 Å². The van der Waals surface area contributed by atoms with Crippen LogP contribution in [0.1, 0.15) is 32.6 Å². The van der Waals surface area contributed by atoms with Crippen molar-refractivity contribution in [2.75, 3.05) is 0 Å². The first-order valence-corrected chi connectivity index (χ1v) is 3.61. The molecule has 0 heterocycles. The van der Waals surface area contributed by atoms with Crippen LogP contribution in [0.3, 0.4) is 0 Å². The molecule has 0 aliphatic heterocycles. The first-order valence-electron chi connectivity index (χ1n) is 3.61. The normalized spacial score (nSPS) is 14.1. The first-order chi connectivity index (χ1) is 4.68. The molecule has 0 aliphatic carbocycles. The quantitative estimate of drug-likeness (QED) is 0.511. The van der Waals surface area contributed by atoms with Gasteiger partial charge in [0.1, 0.15) is 6.10 Å². The molecule has 1 unspecified atom stereocenters. The summed E-state index contributed by atoms with van der Waals surface area (Å²) in [5.41, 5.74) is 0. The molecule has 3 heteroatoms. The van der Waals surface area contributed by atoms with Crippen molar-refractivity contribution in [3.63, 3.8) is 0 Å². The molecule has 0 fully saturated rings. The minimum Gasteiger partial charge on any atom is -0.387 e. The fourth-order valence-electron chi connectivity index (χ4n) is 0.717. The molecule has 3 N–H and O–H groups in total. The SMILES string of the molecule is CCCCCC(O)[C](O)O. The van der Waals surface area contributed by atoms with Crippen LogP contribution in [-0.4, -0.2) is 21.4 Å². The maximum Gasteiger partial charge on any atom is 0.248 e. The van der Waals surface area contributed by atoms with Crippen molar-refractivity contribution in [1.82, 2.24) is 0 Å². The zero-order valence-electron chi connectivity index (χ0n) is 6.25. The van der Waals surface area contributed by atoms with Crippen molar-refractivity contribution in [2.45, 2.75) is 38.7 Å². The van der Waals surface area contributed by atoms with Gasteiger partial charge in [-0.1, -0.05) is 26.2 Å². The number of aliphatic hydroxyl groups is 3. The smallest absolute Gasteiger partial charge is 0.248 e. The van der Waals surface area contributed by atoms with Crippen molar-refractivity contribution in [3.8, 4) is 0 Å². The summed E-state index contributed by atoms with van der Waals surface area (Å²) in [6.07, 6.45) is 1.45. The molecule has 0 spiro atoms. The fraction of sp³-hybridized carbons (Fsp3) is 0.857. The van der Waals surface area contributed by atoms with Gasteiger partial charge < -0.3 is 15.3 Å². The van der Waals surface area contributed by atoms with E-state index in [1.165, 1.54) is 0 Å². The van der Waals surface area contributed by atoms with Gasteiger partial charge in [0.15, 0.2) is 0 Å². The molecular weight excluding hydrogens is 132 g/mol. The maximum atomic E-state index is 8.82. The predicted molar refractivity (Wildman–Crippen MR) is 37.3 cm³/mol. The molecular formula is C7H15O3. The molecule has 10 heavy (non-hydrogen) atoms. The summed E-state index contributed by atoms with van der Waals surface area (Å²) in [5, 5.41) is 25.5. The second kappa shape index (κ2) is 5.65. The summed E-state index contributed by atoms with van der Waals surface area (Å²) >= 11 is 0. The van der Waals surface area contributed by atoms with Gasteiger partial charge in [0.05, 0.1) is 0 Å². The highest BCUT2D eigenvalue weighted by molar-refractivity contribution is 4.70. The molecule has 0 amide bonds. The van der Waals surface area contributed by atoms with Crippen molar-refractivity contribution < 1.29 is 15.3 Å². The average molecular weight is 147 g/mol. The third kappa shape index (κ3) is 4.73. The Morgan fingerprint density at radius 1 is 1.30 bits per heavy atom. The average Bonchev–Trinajstić information content (AvgIpc) is 1.88. The lowest BCUT2D eigenvalue weighted by Gasteiger charge is -2.09. The fourth-order valence-corrected chi connectivity index (χ4v) is 0.717. The third-order valence-corrected chi connectivity index (χ3v) is 1.38. The van der Waals surface area contributed by atoms with Gasteiger partial charge >= 0.3 is 0 Å². The van der Waals surface area contributed by atoms with E-state index < -0.39 is 12.4 Å². The first kappa shape index (κ1) is 9.88. The highest BCUT2D eigenvalue weighted by Gasteiger charge is 2.12. The molecule has 0 bridgehead atoms. The number of rotatable bonds is 5. The van der Waals surface area contributed by atoms with Crippen LogP contribution in [0.25, 0.3) is 0 Å². The Labute approximate surface area is 61.3 Å². The second-order valence-corrected chi connectivity index (χ2v) is 2.37. The van der Waals surface area contributed by atoms with Gasteiger partial charge in [-0.2, -0.15) is 0 Å². The van der Waals surface area contributed by atoms with E-state index in [2.05, 4.69) is 6.92 Å². The van der Waals surface area contributed by atoms with Crippen LogP contribution in [-0.2, 0) is 0 Å². The molecule has 0 aliphatic rings. The van der Waals surface area contributed by atoms with E-state index in [4.69, 9.17) is 15.3 Å². The van der Waals surface area contributed by atoms with Gasteiger partial charge in [-0.25, -0.2) is 0 Å². The lowest BCUT2D eigenvalue weighted by Crippen LogP contribution is -2.16. The van der Waals surface area contributed by atoms with Crippen LogP contribution < -0.4 is 0 Å². The van der Waals surface area contributed by atoms with E-state index in [1.54, 1.807) is 0 Å². The van der Waals surface area contributed by atoms with Crippen molar-refractivity contribution in [2.24, 2.45) is 0 Å². The van der Waals surface area contributed by atoms with Crippen molar-refractivity contribution >= 4 is 0 Å². The van der Waals surface area contributed by atoms with Gasteiger partial charge in [0.2, 0.25) is 6.29 Å². The van der Waals surface area contributed by atoms with E-state index >= 15 is 0 Å². The minimum absolute atomic E-state index is 0.441. The maximum absolute atomic E-state index is 8.82. The largest absolute Gasteiger partial charge is 0.387 e. The number of hydrogen-bond donors (Lipinski definition) is 3. The molecule has 3 nitrogen and oxygen atoms in total. The number of unbranched alkanes of at least 4 members (excludes halogenated alkanes) is 2. The van der Waals surface area contributed by atoms with Gasteiger partial charge in [0, 0.05) is 0 Å². The zero-order valence-corrected chi connectivity index (χ0v) is 6.25. The Morgan fingerprint density at radius 2 is 1.90 bits per heavy atom. The molecule has 0 aromatic carbocycles. The Kier molecular flexibility index (Phi) is 5.58.